The average molecular weight is 986 g/mol. The molecule has 0 radical (unpaired) electrons. The third-order valence-electron chi connectivity index (χ3n) is 10.4. The van der Waals surface area contributed by atoms with Crippen molar-refractivity contribution in [1.29, 1.82) is 0 Å². The summed E-state index contributed by atoms with van der Waals surface area (Å²) in [6.07, 6.45) is -6.10. The van der Waals surface area contributed by atoms with Crippen molar-refractivity contribution in [1.82, 2.24) is 20.1 Å². The van der Waals surface area contributed by atoms with Crippen LogP contribution in [0, 0.1) is 17.3 Å². The molecule has 2 aromatic carbocycles. The molecule has 2 amide bonds. The van der Waals surface area contributed by atoms with Crippen LogP contribution in [-0.4, -0.2) is 98.8 Å². The minimum Gasteiger partial charge on any atom is -0.493 e. The number of carbonyl (C=O) groups is 4. The first kappa shape index (κ1) is 55.3. The lowest BCUT2D eigenvalue weighted by atomic mass is 9.85. The highest BCUT2D eigenvalue weighted by Crippen LogP contribution is 2.60. The molecule has 1 aliphatic carbocycles. The van der Waals surface area contributed by atoms with Crippen LogP contribution >= 0.6 is 23.2 Å². The van der Waals surface area contributed by atoms with Crippen molar-refractivity contribution in [3.05, 3.63) is 46.8 Å². The monoisotopic (exact) mass is 984 g/mol. The van der Waals surface area contributed by atoms with E-state index in [0.29, 0.717) is 67.7 Å². The van der Waals surface area contributed by atoms with Gasteiger partial charge in [0, 0.05) is 44.7 Å². The zero-order chi connectivity index (χ0) is 49.9. The number of amides is 2. The minimum atomic E-state index is -4.63. The maximum Gasteiger partial charge on any atom is 0.437 e. The first-order valence-electron chi connectivity index (χ1n) is 21.3. The molecule has 4 aromatic rings. The molecule has 1 fully saturated rings. The van der Waals surface area contributed by atoms with E-state index in [4.69, 9.17) is 51.9 Å². The van der Waals surface area contributed by atoms with Gasteiger partial charge in [0.05, 0.1) is 36.3 Å². The summed E-state index contributed by atoms with van der Waals surface area (Å²) in [5, 5.41) is 24.2. The second-order valence-electron chi connectivity index (χ2n) is 16.3. The molecule has 2 N–H and O–H groups in total. The van der Waals surface area contributed by atoms with Crippen LogP contribution in [0.15, 0.2) is 33.3 Å². The Morgan fingerprint density at radius 1 is 0.727 bits per heavy atom. The molecule has 2 aromatic heterocycles. The van der Waals surface area contributed by atoms with E-state index in [-0.39, 0.29) is 60.4 Å². The highest BCUT2D eigenvalue weighted by molar-refractivity contribution is 6.54. The maximum absolute atomic E-state index is 13.1. The predicted molar refractivity (Wildman–Crippen MR) is 233 cm³/mol. The van der Waals surface area contributed by atoms with E-state index >= 15 is 0 Å². The Hall–Kier alpha value is -4.98. The van der Waals surface area contributed by atoms with Crippen molar-refractivity contribution in [3.8, 4) is 11.5 Å². The number of rotatable bonds is 20. The topological polar surface area (TPSA) is 186 Å². The van der Waals surface area contributed by atoms with Crippen molar-refractivity contribution in [2.45, 2.75) is 110 Å². The fourth-order valence-corrected chi connectivity index (χ4v) is 7.88. The van der Waals surface area contributed by atoms with Gasteiger partial charge in [-0.2, -0.15) is 26.3 Å². The molecule has 2 unspecified atom stereocenters. The number of hydrogen-bond donors (Lipinski definition) is 2. The van der Waals surface area contributed by atoms with Gasteiger partial charge in [-0.25, -0.2) is 0 Å². The van der Waals surface area contributed by atoms with Crippen LogP contribution in [0.3, 0.4) is 0 Å². The third kappa shape index (κ3) is 14.0. The number of halogens is 8. The molecule has 368 valence electrons. The number of carbonyl (C=O) groups excluding carboxylic acids is 2. The largest absolute Gasteiger partial charge is 0.493 e. The number of hydrogen-bond acceptors (Lipinski definition) is 10. The van der Waals surface area contributed by atoms with E-state index in [2.05, 4.69) is 10.3 Å². The number of ether oxygens (including phenoxy) is 2. The van der Waals surface area contributed by atoms with Gasteiger partial charge in [-0.15, -0.1) is 0 Å². The number of benzene rings is 2. The fraction of sp³-hybridized carbons (Fsp3) is 0.591. The Morgan fingerprint density at radius 3 is 1.52 bits per heavy atom. The highest BCUT2D eigenvalue weighted by Gasteiger charge is 2.71. The van der Waals surface area contributed by atoms with Gasteiger partial charge in [0.1, 0.15) is 21.8 Å². The lowest BCUT2D eigenvalue weighted by Gasteiger charge is -2.25. The van der Waals surface area contributed by atoms with Crippen LogP contribution in [0.2, 0.25) is 0 Å². The molecule has 0 spiro atoms. The summed E-state index contributed by atoms with van der Waals surface area (Å²) in [6.45, 7) is 12.3. The lowest BCUT2D eigenvalue weighted by molar-refractivity contribution is -0.142. The van der Waals surface area contributed by atoms with Gasteiger partial charge in [-0.1, -0.05) is 87.9 Å². The van der Waals surface area contributed by atoms with E-state index in [9.17, 15) is 45.5 Å². The van der Waals surface area contributed by atoms with Crippen LogP contribution in [0.25, 0.3) is 21.9 Å². The zero-order valence-corrected chi connectivity index (χ0v) is 39.4. The number of carboxylic acids is 2. The zero-order valence-electron chi connectivity index (χ0n) is 37.9. The van der Waals surface area contributed by atoms with E-state index in [1.165, 1.54) is 41.1 Å². The van der Waals surface area contributed by atoms with Gasteiger partial charge >= 0.3 is 24.3 Å². The lowest BCUT2D eigenvalue weighted by Crippen LogP contribution is -2.33. The summed E-state index contributed by atoms with van der Waals surface area (Å²) < 4.78 is 98.5. The molecule has 66 heavy (non-hydrogen) atoms. The summed E-state index contributed by atoms with van der Waals surface area (Å²) in [6, 6.07) is 5.50. The van der Waals surface area contributed by atoms with E-state index in [1.807, 2.05) is 27.7 Å². The van der Waals surface area contributed by atoms with Crippen LogP contribution < -0.4 is 9.47 Å². The Bertz CT molecular complexity index is 2290. The number of carboxylic acid groups (broad SMARTS) is 2. The molecule has 2 heterocycles. The van der Waals surface area contributed by atoms with Crippen molar-refractivity contribution in [3.63, 3.8) is 0 Å². The summed E-state index contributed by atoms with van der Waals surface area (Å²) in [5.41, 5.74) is -1.64. The van der Waals surface area contributed by atoms with Gasteiger partial charge in [-0.3, -0.25) is 19.2 Å². The Morgan fingerprint density at radius 2 is 1.15 bits per heavy atom. The van der Waals surface area contributed by atoms with Crippen molar-refractivity contribution >= 4 is 68.9 Å². The molecule has 1 aliphatic rings. The molecule has 0 saturated heterocycles. The molecular weight excluding hydrogens is 929 g/mol. The molecule has 0 aliphatic heterocycles. The molecular formula is C44H56Cl2F6N4O10. The van der Waals surface area contributed by atoms with Crippen molar-refractivity contribution < 1.29 is 74.3 Å². The third-order valence-corrected chi connectivity index (χ3v) is 11.3. The average Bonchev–Trinajstić information content (AvgIpc) is 3.52. The van der Waals surface area contributed by atoms with Crippen LogP contribution in [0.1, 0.15) is 103 Å². The number of aromatic nitrogens is 2. The summed E-state index contributed by atoms with van der Waals surface area (Å²) in [4.78, 5) is 49.7. The number of nitrogens with zero attached hydrogens (tertiary/aromatic N) is 4. The Kier molecular flexibility index (Phi) is 19.4. The smallest absolute Gasteiger partial charge is 0.437 e. The normalized spacial score (nSPS) is 15.6. The van der Waals surface area contributed by atoms with E-state index < -0.39 is 63.2 Å². The minimum absolute atomic E-state index is 0.0398. The van der Waals surface area contributed by atoms with Gasteiger partial charge in [0.25, 0.3) is 0 Å². The summed E-state index contributed by atoms with van der Waals surface area (Å²) in [5.74, 6) is -4.17. The SMILES string of the molecule is CC.CCCc1c(OCCCN(C)C(=O)C2C(C(=O)O)C2(Cl)Cl)ccc2c(C(F)(F)F)noc12.CCCc1c(OCCCN(C)C(=O)CC(C)(C)CC(=O)O)ccc2c(C(F)(F)F)noc12. The van der Waals surface area contributed by atoms with Crippen LogP contribution in [-0.2, 0) is 44.4 Å². The Balaban J connectivity index is 0.000000338. The second-order valence-corrected chi connectivity index (χ2v) is 17.7. The maximum atomic E-state index is 13.1. The molecule has 0 bridgehead atoms. The molecule has 1 saturated carbocycles. The van der Waals surface area contributed by atoms with E-state index in [1.54, 1.807) is 20.9 Å². The van der Waals surface area contributed by atoms with Crippen LogP contribution in [0.5, 0.6) is 11.5 Å². The van der Waals surface area contributed by atoms with Gasteiger partial charge in [0.2, 0.25) is 11.8 Å². The first-order valence-corrected chi connectivity index (χ1v) is 22.1. The molecule has 2 atom stereocenters. The fourth-order valence-electron chi connectivity index (χ4n) is 7.13. The van der Waals surface area contributed by atoms with Gasteiger partial charge in [0.15, 0.2) is 22.6 Å². The number of aryl methyl sites for hydroxylation is 2. The second kappa shape index (κ2) is 23.2. The molecule has 5 rings (SSSR count). The Labute approximate surface area is 387 Å². The van der Waals surface area contributed by atoms with Gasteiger partial charge < -0.3 is 38.5 Å². The summed E-state index contributed by atoms with van der Waals surface area (Å²) >= 11 is 11.8. The van der Waals surface area contributed by atoms with Crippen LogP contribution in [0.4, 0.5) is 26.3 Å². The molecule has 14 nitrogen and oxygen atoms in total. The molecule has 22 heteroatoms. The number of alkyl halides is 8. The van der Waals surface area contributed by atoms with Crippen molar-refractivity contribution in [2.75, 3.05) is 40.4 Å². The quantitative estimate of drug-likeness (QED) is 0.0486. The van der Waals surface area contributed by atoms with Crippen molar-refractivity contribution in [2.24, 2.45) is 17.3 Å². The van der Waals surface area contributed by atoms with E-state index in [0.717, 1.165) is 0 Å². The number of aliphatic carboxylic acids is 2. The van der Waals surface area contributed by atoms with Gasteiger partial charge in [-0.05, 0) is 55.4 Å². The highest BCUT2D eigenvalue weighted by atomic mass is 35.5. The summed E-state index contributed by atoms with van der Waals surface area (Å²) in [7, 11) is 3.14. The predicted octanol–water partition coefficient (Wildman–Crippen LogP) is 10.5. The number of fused-ring (bicyclic) bond motifs is 2. The standard InChI is InChI=1S/C22H29F3N2O5.C20H21Cl2F3N2O5.C2H6/c1-5-7-14-16(9-8-15-19(14)32-26-20(15)22(23,24)25)31-11-6-10-27(4)17(28)12-21(2,3)13-18(29)30;1-3-5-10-12(7-6-11-15(10)32-26-16(11)20(23,24)25)31-9-4-8-27(2)17(28)13-14(18(29)30)19(13,21)22;1-2/h8-9H,5-7,10-13H2,1-4H3,(H,29,30);6-7,13-14H,3-5,8-9H2,1-2H3,(H,29,30);1-2H3. The first-order chi connectivity index (χ1) is 30.8.